The van der Waals surface area contributed by atoms with E-state index >= 15 is 0 Å². The SMILES string of the molecule is CCOc1c(Cl)cc(C(=O)N[C@@H](C)CN)cc1OC. The summed E-state index contributed by atoms with van der Waals surface area (Å²) in [5.74, 6) is 0.621. The lowest BCUT2D eigenvalue weighted by Crippen LogP contribution is -2.37. The summed E-state index contributed by atoms with van der Waals surface area (Å²) in [6.07, 6.45) is 0. The van der Waals surface area contributed by atoms with Crippen molar-refractivity contribution in [1.82, 2.24) is 5.32 Å². The monoisotopic (exact) mass is 286 g/mol. The number of carbonyl (C=O) groups excluding carboxylic acids is 1. The Hall–Kier alpha value is -1.46. The maximum Gasteiger partial charge on any atom is 0.251 e. The Morgan fingerprint density at radius 2 is 2.21 bits per heavy atom. The van der Waals surface area contributed by atoms with Gasteiger partial charge in [-0.2, -0.15) is 0 Å². The maximum absolute atomic E-state index is 12.0. The molecular weight excluding hydrogens is 268 g/mol. The minimum absolute atomic E-state index is 0.108. The minimum Gasteiger partial charge on any atom is -0.493 e. The van der Waals surface area contributed by atoms with Crippen molar-refractivity contribution in [1.29, 1.82) is 0 Å². The molecular formula is C13H19ClN2O3. The molecule has 19 heavy (non-hydrogen) atoms. The second-order valence-electron chi connectivity index (χ2n) is 4.03. The van der Waals surface area contributed by atoms with Crippen LogP contribution in [0.4, 0.5) is 0 Å². The summed E-state index contributed by atoms with van der Waals surface area (Å²) in [5.41, 5.74) is 5.87. The first-order valence-electron chi connectivity index (χ1n) is 6.04. The third-order valence-electron chi connectivity index (χ3n) is 2.51. The lowest BCUT2D eigenvalue weighted by Gasteiger charge is -2.15. The van der Waals surface area contributed by atoms with Gasteiger partial charge in [-0.15, -0.1) is 0 Å². The number of rotatable bonds is 6. The van der Waals surface area contributed by atoms with E-state index in [1.807, 2.05) is 13.8 Å². The van der Waals surface area contributed by atoms with Crippen molar-refractivity contribution in [3.63, 3.8) is 0 Å². The van der Waals surface area contributed by atoms with Gasteiger partial charge in [0.25, 0.3) is 5.91 Å². The summed E-state index contributed by atoms with van der Waals surface area (Å²) in [7, 11) is 1.50. The van der Waals surface area contributed by atoms with Gasteiger partial charge in [-0.05, 0) is 26.0 Å². The van der Waals surface area contributed by atoms with Crippen LogP contribution in [-0.4, -0.2) is 32.2 Å². The molecule has 5 nitrogen and oxygen atoms in total. The number of hydrogen-bond donors (Lipinski definition) is 2. The van der Waals surface area contributed by atoms with E-state index in [-0.39, 0.29) is 11.9 Å². The first-order chi connectivity index (χ1) is 9.03. The van der Waals surface area contributed by atoms with Crippen LogP contribution < -0.4 is 20.5 Å². The van der Waals surface area contributed by atoms with Gasteiger partial charge < -0.3 is 20.5 Å². The van der Waals surface area contributed by atoms with Crippen molar-refractivity contribution in [2.45, 2.75) is 19.9 Å². The second-order valence-corrected chi connectivity index (χ2v) is 4.44. The fraction of sp³-hybridized carbons (Fsp3) is 0.462. The molecule has 0 aliphatic carbocycles. The van der Waals surface area contributed by atoms with E-state index in [4.69, 9.17) is 26.8 Å². The number of benzene rings is 1. The highest BCUT2D eigenvalue weighted by Gasteiger charge is 2.16. The highest BCUT2D eigenvalue weighted by atomic mass is 35.5. The molecule has 106 valence electrons. The predicted octanol–water partition coefficient (Wildman–Crippen LogP) is 1.82. The Kier molecular flexibility index (Phi) is 5.92. The molecule has 1 rings (SSSR count). The Morgan fingerprint density at radius 1 is 1.53 bits per heavy atom. The fourth-order valence-corrected chi connectivity index (χ4v) is 1.77. The van der Waals surface area contributed by atoms with Gasteiger partial charge in [-0.1, -0.05) is 11.6 Å². The van der Waals surface area contributed by atoms with Crippen LogP contribution in [0.1, 0.15) is 24.2 Å². The van der Waals surface area contributed by atoms with Gasteiger partial charge in [-0.3, -0.25) is 4.79 Å². The number of amides is 1. The van der Waals surface area contributed by atoms with Crippen LogP contribution in [0.25, 0.3) is 0 Å². The van der Waals surface area contributed by atoms with E-state index in [1.54, 1.807) is 12.1 Å². The van der Waals surface area contributed by atoms with Gasteiger partial charge in [-0.25, -0.2) is 0 Å². The van der Waals surface area contributed by atoms with Crippen LogP contribution in [0, 0.1) is 0 Å². The number of halogens is 1. The van der Waals surface area contributed by atoms with E-state index < -0.39 is 0 Å². The lowest BCUT2D eigenvalue weighted by atomic mass is 10.1. The van der Waals surface area contributed by atoms with E-state index in [2.05, 4.69) is 5.32 Å². The van der Waals surface area contributed by atoms with E-state index in [1.165, 1.54) is 7.11 Å². The number of nitrogens with one attached hydrogen (secondary N) is 1. The molecule has 6 heteroatoms. The smallest absolute Gasteiger partial charge is 0.251 e. The normalized spacial score (nSPS) is 11.8. The van der Waals surface area contributed by atoms with Crippen molar-refractivity contribution < 1.29 is 14.3 Å². The van der Waals surface area contributed by atoms with Crippen molar-refractivity contribution in [2.24, 2.45) is 5.73 Å². The molecule has 0 fully saturated rings. The van der Waals surface area contributed by atoms with Crippen molar-refractivity contribution in [3.05, 3.63) is 22.7 Å². The zero-order valence-corrected chi connectivity index (χ0v) is 12.1. The van der Waals surface area contributed by atoms with Gasteiger partial charge in [0.1, 0.15) is 0 Å². The maximum atomic E-state index is 12.0. The highest BCUT2D eigenvalue weighted by molar-refractivity contribution is 6.32. The first-order valence-corrected chi connectivity index (χ1v) is 6.42. The molecule has 0 heterocycles. The van der Waals surface area contributed by atoms with Crippen LogP contribution in [0.15, 0.2) is 12.1 Å². The van der Waals surface area contributed by atoms with Crippen molar-refractivity contribution in [3.8, 4) is 11.5 Å². The summed E-state index contributed by atoms with van der Waals surface area (Å²) in [4.78, 5) is 12.0. The Balaban J connectivity index is 3.04. The summed E-state index contributed by atoms with van der Waals surface area (Å²) in [5, 5.41) is 3.10. The fourth-order valence-electron chi connectivity index (χ4n) is 1.50. The van der Waals surface area contributed by atoms with Crippen LogP contribution in [0.2, 0.25) is 5.02 Å². The Bertz CT molecular complexity index is 452. The molecule has 0 aromatic heterocycles. The minimum atomic E-state index is -0.249. The Labute approximate surface area is 118 Å². The average Bonchev–Trinajstić information content (AvgIpc) is 2.40. The van der Waals surface area contributed by atoms with Crippen molar-refractivity contribution in [2.75, 3.05) is 20.3 Å². The molecule has 0 bridgehead atoms. The zero-order valence-electron chi connectivity index (χ0n) is 11.3. The molecule has 0 spiro atoms. The number of ether oxygens (including phenoxy) is 2. The second kappa shape index (κ2) is 7.21. The molecule has 0 aliphatic rings. The van der Waals surface area contributed by atoms with Gasteiger partial charge in [0.05, 0.1) is 18.7 Å². The van der Waals surface area contributed by atoms with Crippen LogP contribution in [0.3, 0.4) is 0 Å². The highest BCUT2D eigenvalue weighted by Crippen LogP contribution is 2.36. The summed E-state index contributed by atoms with van der Waals surface area (Å²) < 4.78 is 10.6. The first kappa shape index (κ1) is 15.6. The Morgan fingerprint density at radius 3 is 2.74 bits per heavy atom. The number of nitrogens with two attached hydrogens (primary N) is 1. The molecule has 3 N–H and O–H groups in total. The van der Waals surface area contributed by atoms with E-state index in [9.17, 15) is 4.79 Å². The van der Waals surface area contributed by atoms with Gasteiger partial charge in [0.2, 0.25) is 0 Å². The zero-order chi connectivity index (χ0) is 14.4. The molecule has 0 saturated carbocycles. The van der Waals surface area contributed by atoms with Crippen LogP contribution in [-0.2, 0) is 0 Å². The quantitative estimate of drug-likeness (QED) is 0.837. The van der Waals surface area contributed by atoms with Gasteiger partial charge in [0, 0.05) is 18.2 Å². The molecule has 1 aromatic rings. The van der Waals surface area contributed by atoms with E-state index in [0.717, 1.165) is 0 Å². The third-order valence-corrected chi connectivity index (χ3v) is 2.79. The molecule has 0 saturated heterocycles. The van der Waals surface area contributed by atoms with Crippen molar-refractivity contribution >= 4 is 17.5 Å². The van der Waals surface area contributed by atoms with E-state index in [0.29, 0.717) is 35.2 Å². The average molecular weight is 287 g/mol. The van der Waals surface area contributed by atoms with Crippen LogP contribution in [0.5, 0.6) is 11.5 Å². The number of hydrogen-bond acceptors (Lipinski definition) is 4. The third kappa shape index (κ3) is 4.01. The summed E-state index contributed by atoms with van der Waals surface area (Å²) >= 11 is 6.10. The topological polar surface area (TPSA) is 73.6 Å². The largest absolute Gasteiger partial charge is 0.493 e. The lowest BCUT2D eigenvalue weighted by molar-refractivity contribution is 0.0941. The predicted molar refractivity (Wildman–Crippen MR) is 75.2 cm³/mol. The molecule has 0 aliphatic heterocycles. The summed E-state index contributed by atoms with van der Waals surface area (Å²) in [6, 6.07) is 3.03. The van der Waals surface area contributed by atoms with Gasteiger partial charge in [0.15, 0.2) is 11.5 Å². The standard InChI is InChI=1S/C13H19ClN2O3/c1-4-19-12-10(14)5-9(6-11(12)18-3)13(17)16-8(2)7-15/h5-6,8H,4,7,15H2,1-3H3,(H,16,17)/t8-/m0/s1. The molecule has 0 unspecified atom stereocenters. The molecule has 1 aromatic carbocycles. The molecule has 1 atom stereocenters. The number of carbonyl (C=O) groups is 1. The summed E-state index contributed by atoms with van der Waals surface area (Å²) in [6.45, 7) is 4.50. The van der Waals surface area contributed by atoms with Gasteiger partial charge >= 0.3 is 0 Å². The molecule has 0 radical (unpaired) electrons. The molecule has 1 amide bonds. The van der Waals surface area contributed by atoms with Crippen LogP contribution >= 0.6 is 11.6 Å². The number of methoxy groups -OCH3 is 1.